The van der Waals surface area contributed by atoms with Gasteiger partial charge in [-0.15, -0.1) is 0 Å². The monoisotopic (exact) mass is 398 g/mol. The molecule has 1 amide bonds. The van der Waals surface area contributed by atoms with Crippen molar-refractivity contribution in [3.63, 3.8) is 0 Å². The van der Waals surface area contributed by atoms with Crippen molar-refractivity contribution in [1.82, 2.24) is 15.2 Å². The summed E-state index contributed by atoms with van der Waals surface area (Å²) in [6.45, 7) is 6.31. The first-order chi connectivity index (χ1) is 13.5. The molecule has 2 aromatic heterocycles. The molecule has 28 heavy (non-hydrogen) atoms. The fraction of sp³-hybridized carbons (Fsp3) is 0.333. The van der Waals surface area contributed by atoms with Gasteiger partial charge >= 0.3 is 0 Å². The topological polar surface area (TPSA) is 61.6 Å². The van der Waals surface area contributed by atoms with Gasteiger partial charge in [0, 0.05) is 54.9 Å². The summed E-state index contributed by atoms with van der Waals surface area (Å²) in [5.41, 5.74) is 2.40. The quantitative estimate of drug-likeness (QED) is 0.729. The van der Waals surface area contributed by atoms with Crippen molar-refractivity contribution in [3.8, 4) is 0 Å². The number of carbonyl (C=O) groups is 1. The minimum Gasteiger partial charge on any atom is -0.451 e. The number of furan rings is 1. The lowest BCUT2D eigenvalue weighted by atomic mass is 10.1. The summed E-state index contributed by atoms with van der Waals surface area (Å²) in [5, 5.41) is 4.39. The number of amides is 1. The van der Waals surface area contributed by atoms with E-state index < -0.39 is 0 Å². The van der Waals surface area contributed by atoms with Gasteiger partial charge in [0.15, 0.2) is 5.76 Å². The largest absolute Gasteiger partial charge is 0.451 e. The molecule has 0 spiro atoms. The highest BCUT2D eigenvalue weighted by Gasteiger charge is 2.18. The molecule has 1 aliphatic rings. The van der Waals surface area contributed by atoms with Gasteiger partial charge in [-0.2, -0.15) is 0 Å². The van der Waals surface area contributed by atoms with Gasteiger partial charge in [0.1, 0.15) is 11.4 Å². The maximum atomic E-state index is 12.6. The van der Waals surface area contributed by atoms with Gasteiger partial charge in [0.05, 0.1) is 0 Å². The Bertz CT molecular complexity index is 992. The second-order valence-corrected chi connectivity index (χ2v) is 7.63. The Morgan fingerprint density at radius 3 is 2.71 bits per heavy atom. The Labute approximate surface area is 169 Å². The van der Waals surface area contributed by atoms with E-state index in [9.17, 15) is 4.79 Å². The van der Waals surface area contributed by atoms with Crippen LogP contribution in [0, 0.1) is 6.92 Å². The third-order valence-electron chi connectivity index (χ3n) is 5.19. The number of likely N-dealkylation sites (N-methyl/N-ethyl adjacent to an activating group) is 1. The molecule has 6 nitrogen and oxygen atoms in total. The molecular weight excluding hydrogens is 376 g/mol. The maximum Gasteiger partial charge on any atom is 0.287 e. The maximum absolute atomic E-state index is 12.6. The zero-order valence-corrected chi connectivity index (χ0v) is 16.8. The highest BCUT2D eigenvalue weighted by Crippen LogP contribution is 2.27. The normalized spacial score (nSPS) is 15.2. The number of hydrogen-bond acceptors (Lipinski definition) is 5. The predicted octanol–water partition coefficient (Wildman–Crippen LogP) is 3.47. The molecule has 0 radical (unpaired) electrons. The second-order valence-electron chi connectivity index (χ2n) is 7.19. The zero-order chi connectivity index (χ0) is 19.7. The number of nitrogens with zero attached hydrogens (tertiary/aromatic N) is 3. The second kappa shape index (κ2) is 7.81. The van der Waals surface area contributed by atoms with E-state index in [1.165, 1.54) is 0 Å². The van der Waals surface area contributed by atoms with Crippen molar-refractivity contribution in [2.45, 2.75) is 13.5 Å². The zero-order valence-electron chi connectivity index (χ0n) is 16.0. The Balaban J connectivity index is 1.40. The average Bonchev–Trinajstić information content (AvgIpc) is 3.03. The first-order valence-corrected chi connectivity index (χ1v) is 9.74. The smallest absolute Gasteiger partial charge is 0.287 e. The number of pyridine rings is 1. The minimum atomic E-state index is -0.243. The van der Waals surface area contributed by atoms with Crippen LogP contribution in [0.15, 0.2) is 40.9 Å². The van der Waals surface area contributed by atoms with Gasteiger partial charge < -0.3 is 19.5 Å². The van der Waals surface area contributed by atoms with E-state index >= 15 is 0 Å². The number of benzene rings is 1. The van der Waals surface area contributed by atoms with Crippen LogP contribution in [-0.4, -0.2) is 49.0 Å². The number of anilines is 1. The molecule has 0 bridgehead atoms. The Morgan fingerprint density at radius 2 is 2.00 bits per heavy atom. The highest BCUT2D eigenvalue weighted by atomic mass is 35.5. The molecular formula is C21H23ClN4O2. The molecule has 3 aromatic rings. The number of aryl methyl sites for hydroxylation is 1. The van der Waals surface area contributed by atoms with Gasteiger partial charge in [0.2, 0.25) is 0 Å². The summed E-state index contributed by atoms with van der Waals surface area (Å²) in [6.07, 6.45) is 1.82. The molecule has 1 aliphatic heterocycles. The number of nitrogens with one attached hydrogen (secondary N) is 1. The van der Waals surface area contributed by atoms with Crippen LogP contribution in [0.1, 0.15) is 21.7 Å². The van der Waals surface area contributed by atoms with Crippen LogP contribution in [-0.2, 0) is 6.54 Å². The molecule has 7 heteroatoms. The number of halogens is 1. The summed E-state index contributed by atoms with van der Waals surface area (Å²) in [5.74, 6) is 1.06. The SMILES string of the molecule is Cc1c(C(=O)NCc2ccc(N3CCN(C)CC3)nc2)oc2ccc(Cl)cc12. The number of piperazine rings is 1. The van der Waals surface area contributed by atoms with E-state index in [1.54, 1.807) is 12.1 Å². The van der Waals surface area contributed by atoms with Crippen molar-refractivity contribution < 1.29 is 9.21 Å². The van der Waals surface area contributed by atoms with E-state index in [1.807, 2.05) is 31.3 Å². The molecule has 0 atom stereocenters. The summed E-state index contributed by atoms with van der Waals surface area (Å²) < 4.78 is 5.71. The molecule has 1 saturated heterocycles. The third-order valence-corrected chi connectivity index (χ3v) is 5.43. The molecule has 0 aliphatic carbocycles. The van der Waals surface area contributed by atoms with E-state index in [2.05, 4.69) is 27.1 Å². The number of aromatic nitrogens is 1. The van der Waals surface area contributed by atoms with Gasteiger partial charge in [0.25, 0.3) is 5.91 Å². The lowest BCUT2D eigenvalue weighted by Crippen LogP contribution is -2.44. The molecule has 1 aromatic carbocycles. The third kappa shape index (κ3) is 3.84. The molecule has 3 heterocycles. The summed E-state index contributed by atoms with van der Waals surface area (Å²) >= 11 is 6.04. The molecule has 1 fully saturated rings. The highest BCUT2D eigenvalue weighted by molar-refractivity contribution is 6.31. The average molecular weight is 399 g/mol. The van der Waals surface area contributed by atoms with E-state index in [4.69, 9.17) is 16.0 Å². The Kier molecular flexibility index (Phi) is 5.24. The fourth-order valence-corrected chi connectivity index (χ4v) is 3.59. The summed E-state index contributed by atoms with van der Waals surface area (Å²) in [4.78, 5) is 21.7. The van der Waals surface area contributed by atoms with Gasteiger partial charge in [-0.25, -0.2) is 4.98 Å². The van der Waals surface area contributed by atoms with Crippen LogP contribution >= 0.6 is 11.6 Å². The number of carbonyl (C=O) groups excluding carboxylic acids is 1. The van der Waals surface area contributed by atoms with Crippen LogP contribution in [0.5, 0.6) is 0 Å². The van der Waals surface area contributed by atoms with Crippen LogP contribution in [0.25, 0.3) is 11.0 Å². The van der Waals surface area contributed by atoms with Gasteiger partial charge in [-0.1, -0.05) is 17.7 Å². The molecule has 4 rings (SSSR count). The number of rotatable bonds is 4. The molecule has 0 saturated carbocycles. The van der Waals surface area contributed by atoms with Crippen molar-refractivity contribution >= 4 is 34.3 Å². The Hall–Kier alpha value is -2.57. The lowest BCUT2D eigenvalue weighted by molar-refractivity contribution is 0.0924. The van der Waals surface area contributed by atoms with E-state index in [0.717, 1.165) is 48.5 Å². The fourth-order valence-electron chi connectivity index (χ4n) is 3.42. The number of fused-ring (bicyclic) bond motifs is 1. The van der Waals surface area contributed by atoms with Crippen LogP contribution in [0.4, 0.5) is 5.82 Å². The van der Waals surface area contributed by atoms with Crippen molar-refractivity contribution in [3.05, 3.63) is 58.4 Å². The number of hydrogen-bond donors (Lipinski definition) is 1. The summed E-state index contributed by atoms with van der Waals surface area (Å²) in [6, 6.07) is 9.37. The molecule has 146 valence electrons. The van der Waals surface area contributed by atoms with E-state index in [-0.39, 0.29) is 5.91 Å². The summed E-state index contributed by atoms with van der Waals surface area (Å²) in [7, 11) is 2.13. The van der Waals surface area contributed by atoms with Crippen molar-refractivity contribution in [1.29, 1.82) is 0 Å². The van der Waals surface area contributed by atoms with E-state index in [0.29, 0.717) is 22.9 Å². The van der Waals surface area contributed by atoms with Crippen molar-refractivity contribution in [2.75, 3.05) is 38.1 Å². The van der Waals surface area contributed by atoms with Gasteiger partial charge in [-0.05, 0) is 43.8 Å². The first-order valence-electron chi connectivity index (χ1n) is 9.36. The lowest BCUT2D eigenvalue weighted by Gasteiger charge is -2.33. The molecule has 1 N–H and O–H groups in total. The minimum absolute atomic E-state index is 0.243. The molecule has 0 unspecified atom stereocenters. The standard InChI is InChI=1S/C21H23ClN4O2/c1-14-17-11-16(22)4-5-18(17)28-20(14)21(27)24-13-15-3-6-19(23-12-15)26-9-7-25(2)8-10-26/h3-6,11-12H,7-10,13H2,1-2H3,(H,24,27). The van der Waals surface area contributed by atoms with Crippen LogP contribution in [0.3, 0.4) is 0 Å². The van der Waals surface area contributed by atoms with Crippen LogP contribution < -0.4 is 10.2 Å². The first kappa shape index (κ1) is 18.8. The Morgan fingerprint density at radius 1 is 1.21 bits per heavy atom. The van der Waals surface area contributed by atoms with Crippen LogP contribution in [0.2, 0.25) is 5.02 Å². The predicted molar refractivity (Wildman–Crippen MR) is 111 cm³/mol. The van der Waals surface area contributed by atoms with Crippen molar-refractivity contribution in [2.24, 2.45) is 0 Å². The van der Waals surface area contributed by atoms with Gasteiger partial charge in [-0.3, -0.25) is 4.79 Å².